The Morgan fingerprint density at radius 3 is 2.41 bits per heavy atom. The van der Waals surface area contributed by atoms with E-state index >= 15 is 0 Å². The van der Waals surface area contributed by atoms with Gasteiger partial charge in [-0.25, -0.2) is 4.79 Å². The first kappa shape index (κ1) is 22.4. The number of carbonyl (C=O) groups excluding carboxylic acids is 1. The van der Waals surface area contributed by atoms with Crippen molar-refractivity contribution >= 4 is 11.7 Å². The van der Waals surface area contributed by atoms with Gasteiger partial charge in [-0.3, -0.25) is 4.90 Å². The molecule has 2 aromatic rings. The Morgan fingerprint density at radius 1 is 0.906 bits per heavy atom. The fourth-order valence-electron chi connectivity index (χ4n) is 4.51. The van der Waals surface area contributed by atoms with Gasteiger partial charge >= 0.3 is 6.03 Å². The second-order valence-corrected chi connectivity index (χ2v) is 8.90. The summed E-state index contributed by atoms with van der Waals surface area (Å²) >= 11 is 0. The molecule has 0 saturated carbocycles. The molecule has 1 aliphatic heterocycles. The van der Waals surface area contributed by atoms with E-state index in [4.69, 9.17) is 4.74 Å². The maximum Gasteiger partial charge on any atom is 0.319 e. The van der Waals surface area contributed by atoms with Gasteiger partial charge in [0.2, 0.25) is 0 Å². The van der Waals surface area contributed by atoms with Crippen LogP contribution in [0.25, 0.3) is 0 Å². The van der Waals surface area contributed by atoms with E-state index in [9.17, 15) is 4.79 Å². The number of allylic oxidation sites excluding steroid dienone is 1. The maximum absolute atomic E-state index is 12.4. The second-order valence-electron chi connectivity index (χ2n) is 8.90. The van der Waals surface area contributed by atoms with Gasteiger partial charge in [0.05, 0.1) is 0 Å². The molecule has 1 saturated heterocycles. The molecule has 0 aromatic heterocycles. The van der Waals surface area contributed by atoms with Crippen LogP contribution in [0.3, 0.4) is 0 Å². The lowest BCUT2D eigenvalue weighted by molar-refractivity contribution is 0.205. The fourth-order valence-corrected chi connectivity index (χ4v) is 4.51. The Labute approximate surface area is 191 Å². The van der Waals surface area contributed by atoms with Gasteiger partial charge in [-0.2, -0.15) is 0 Å². The van der Waals surface area contributed by atoms with Gasteiger partial charge in [0.1, 0.15) is 11.5 Å². The summed E-state index contributed by atoms with van der Waals surface area (Å²) in [4.78, 5) is 15.0. The summed E-state index contributed by atoms with van der Waals surface area (Å²) in [5.74, 6) is 1.54. The molecule has 1 fully saturated rings. The Morgan fingerprint density at radius 2 is 1.62 bits per heavy atom. The van der Waals surface area contributed by atoms with Gasteiger partial charge in [-0.05, 0) is 74.9 Å². The highest BCUT2D eigenvalue weighted by Crippen LogP contribution is 2.23. The minimum absolute atomic E-state index is 0.136. The standard InChI is InChI=1S/C27H35N3O2/c31-27(28-23-13-15-26(16-14-23)32-25-11-7-4-8-12-25)29-24-17-19-30(20-18-24)21-22-9-5-2-1-3-6-10-22/h4,7-9,11-16,24H,1-3,5-6,10,17-21H2,(H2,28,29,31)/b22-9-. The van der Waals surface area contributed by atoms with E-state index in [2.05, 4.69) is 21.6 Å². The monoisotopic (exact) mass is 433 g/mol. The number of benzene rings is 2. The maximum atomic E-state index is 12.4. The van der Waals surface area contributed by atoms with Gasteiger partial charge < -0.3 is 15.4 Å². The van der Waals surface area contributed by atoms with Crippen LogP contribution in [-0.2, 0) is 0 Å². The largest absolute Gasteiger partial charge is 0.457 e. The predicted molar refractivity (Wildman–Crippen MR) is 130 cm³/mol. The molecule has 2 N–H and O–H groups in total. The van der Waals surface area contributed by atoms with Crippen molar-refractivity contribution in [1.82, 2.24) is 10.2 Å². The number of piperidine rings is 1. The van der Waals surface area contributed by atoms with E-state index in [1.807, 2.05) is 54.6 Å². The number of urea groups is 1. The zero-order chi connectivity index (χ0) is 22.0. The van der Waals surface area contributed by atoms with Crippen LogP contribution in [0.4, 0.5) is 10.5 Å². The van der Waals surface area contributed by atoms with E-state index in [1.165, 1.54) is 38.5 Å². The molecular formula is C27H35N3O2. The van der Waals surface area contributed by atoms with Crippen molar-refractivity contribution in [2.45, 2.75) is 57.4 Å². The topological polar surface area (TPSA) is 53.6 Å². The number of nitrogens with zero attached hydrogens (tertiary/aromatic N) is 1. The Bertz CT molecular complexity index is 872. The number of hydrogen-bond donors (Lipinski definition) is 2. The number of amides is 2. The summed E-state index contributed by atoms with van der Waals surface area (Å²) in [5, 5.41) is 6.08. The summed E-state index contributed by atoms with van der Waals surface area (Å²) in [6.45, 7) is 3.21. The van der Waals surface area contributed by atoms with Gasteiger partial charge in [-0.1, -0.05) is 42.7 Å². The Kier molecular flexibility index (Phi) is 8.21. The lowest BCUT2D eigenvalue weighted by Gasteiger charge is -2.33. The SMILES string of the molecule is O=C(Nc1ccc(Oc2ccccc2)cc1)NC1CCN(C/C2=C\CCCCCC2)CC1. The number of hydrogen-bond acceptors (Lipinski definition) is 3. The molecule has 2 aromatic carbocycles. The Hall–Kier alpha value is -2.79. The average molecular weight is 434 g/mol. The van der Waals surface area contributed by atoms with E-state index in [0.29, 0.717) is 0 Å². The van der Waals surface area contributed by atoms with Crippen LogP contribution in [0.2, 0.25) is 0 Å². The molecule has 4 rings (SSSR count). The van der Waals surface area contributed by atoms with E-state index in [1.54, 1.807) is 5.57 Å². The molecule has 5 nitrogen and oxygen atoms in total. The van der Waals surface area contributed by atoms with Crippen LogP contribution < -0.4 is 15.4 Å². The quantitative estimate of drug-likeness (QED) is 0.522. The average Bonchev–Trinajstić information content (AvgIpc) is 2.79. The van der Waals surface area contributed by atoms with Crippen LogP contribution >= 0.6 is 0 Å². The molecule has 170 valence electrons. The third kappa shape index (κ3) is 7.13. The number of para-hydroxylation sites is 1. The van der Waals surface area contributed by atoms with Crippen molar-refractivity contribution in [2.24, 2.45) is 0 Å². The zero-order valence-electron chi connectivity index (χ0n) is 18.9. The molecule has 1 heterocycles. The second kappa shape index (κ2) is 11.7. The van der Waals surface area contributed by atoms with Crippen molar-refractivity contribution in [3.8, 4) is 11.5 Å². The van der Waals surface area contributed by atoms with Crippen LogP contribution in [0.1, 0.15) is 51.4 Å². The molecule has 0 spiro atoms. The molecule has 2 amide bonds. The molecule has 32 heavy (non-hydrogen) atoms. The number of anilines is 1. The number of rotatable bonds is 6. The summed E-state index contributed by atoms with van der Waals surface area (Å²) in [6.07, 6.45) is 12.4. The summed E-state index contributed by atoms with van der Waals surface area (Å²) in [7, 11) is 0. The number of likely N-dealkylation sites (tertiary alicyclic amines) is 1. The first-order chi connectivity index (χ1) is 15.7. The molecule has 0 radical (unpaired) electrons. The third-order valence-corrected chi connectivity index (χ3v) is 6.33. The van der Waals surface area contributed by atoms with Crippen LogP contribution in [-0.4, -0.2) is 36.6 Å². The number of carbonyl (C=O) groups is 1. The fraction of sp³-hybridized carbons (Fsp3) is 0.444. The van der Waals surface area contributed by atoms with Crippen molar-refractivity contribution in [3.05, 3.63) is 66.2 Å². The molecule has 0 bridgehead atoms. The molecule has 0 atom stereocenters. The van der Waals surface area contributed by atoms with Gasteiger partial charge in [-0.15, -0.1) is 0 Å². The molecule has 1 aliphatic carbocycles. The summed E-state index contributed by atoms with van der Waals surface area (Å²) in [6, 6.07) is 17.2. The molecule has 0 unspecified atom stereocenters. The predicted octanol–water partition coefficient (Wildman–Crippen LogP) is 6.35. The van der Waals surface area contributed by atoms with Crippen molar-refractivity contribution in [2.75, 3.05) is 25.0 Å². The van der Waals surface area contributed by atoms with Crippen molar-refractivity contribution in [1.29, 1.82) is 0 Å². The summed E-state index contributed by atoms with van der Waals surface area (Å²) in [5.41, 5.74) is 2.38. The van der Waals surface area contributed by atoms with Crippen LogP contribution in [0, 0.1) is 0 Å². The van der Waals surface area contributed by atoms with Gasteiger partial charge in [0.25, 0.3) is 0 Å². The summed E-state index contributed by atoms with van der Waals surface area (Å²) < 4.78 is 5.80. The molecular weight excluding hydrogens is 398 g/mol. The van der Waals surface area contributed by atoms with Crippen LogP contribution in [0.5, 0.6) is 11.5 Å². The van der Waals surface area contributed by atoms with Gasteiger partial charge in [0.15, 0.2) is 0 Å². The van der Waals surface area contributed by atoms with Crippen LogP contribution in [0.15, 0.2) is 66.2 Å². The zero-order valence-corrected chi connectivity index (χ0v) is 18.9. The van der Waals surface area contributed by atoms with E-state index in [-0.39, 0.29) is 12.1 Å². The van der Waals surface area contributed by atoms with E-state index < -0.39 is 0 Å². The van der Waals surface area contributed by atoms with E-state index in [0.717, 1.165) is 49.7 Å². The normalized spacial score (nSPS) is 19.8. The first-order valence-corrected chi connectivity index (χ1v) is 12.1. The smallest absolute Gasteiger partial charge is 0.319 e. The van der Waals surface area contributed by atoms with Crippen molar-refractivity contribution in [3.63, 3.8) is 0 Å². The first-order valence-electron chi connectivity index (χ1n) is 12.1. The lowest BCUT2D eigenvalue weighted by atomic mass is 9.98. The number of ether oxygens (including phenoxy) is 1. The van der Waals surface area contributed by atoms with Crippen molar-refractivity contribution < 1.29 is 9.53 Å². The van der Waals surface area contributed by atoms with Gasteiger partial charge in [0, 0.05) is 31.4 Å². The highest BCUT2D eigenvalue weighted by molar-refractivity contribution is 5.89. The highest BCUT2D eigenvalue weighted by atomic mass is 16.5. The highest BCUT2D eigenvalue weighted by Gasteiger charge is 2.21. The minimum Gasteiger partial charge on any atom is -0.457 e. The minimum atomic E-state index is -0.136. The lowest BCUT2D eigenvalue weighted by Crippen LogP contribution is -2.46. The Balaban J connectivity index is 1.18. The molecule has 2 aliphatic rings. The molecule has 5 heteroatoms. The third-order valence-electron chi connectivity index (χ3n) is 6.33. The number of nitrogens with one attached hydrogen (secondary N) is 2.